The van der Waals surface area contributed by atoms with Crippen LogP contribution in [-0.4, -0.2) is 27.8 Å². The predicted molar refractivity (Wildman–Crippen MR) is 48.1 cm³/mol. The van der Waals surface area contributed by atoms with E-state index in [1.165, 1.54) is 0 Å². The molecule has 2 rings (SSSR count). The second-order valence-electron chi connectivity index (χ2n) is 2.88. The Morgan fingerprint density at radius 1 is 1.31 bits per heavy atom. The first-order valence-corrected chi connectivity index (χ1v) is 5.40. The van der Waals surface area contributed by atoms with Gasteiger partial charge in [-0.25, -0.2) is 0 Å². The molecule has 1 aromatic heterocycles. The van der Waals surface area contributed by atoms with Gasteiger partial charge in [0.25, 0.3) is 0 Å². The van der Waals surface area contributed by atoms with Crippen LogP contribution in [0.3, 0.4) is 0 Å². The summed E-state index contributed by atoms with van der Waals surface area (Å²) in [5.41, 5.74) is -1.83. The van der Waals surface area contributed by atoms with E-state index in [0.29, 0.717) is 6.07 Å². The van der Waals surface area contributed by atoms with Gasteiger partial charge in [-0.1, -0.05) is 0 Å². The molecule has 2 aromatic rings. The van der Waals surface area contributed by atoms with Crippen molar-refractivity contribution >= 4 is 31.7 Å². The summed E-state index contributed by atoms with van der Waals surface area (Å²) in [6.07, 6.45) is -4.62. The van der Waals surface area contributed by atoms with Crippen LogP contribution >= 0.6 is 0 Å². The zero-order valence-corrected chi connectivity index (χ0v) is 9.07. The first kappa shape index (κ1) is 11.0. The Balaban J connectivity index is 2.76. The van der Waals surface area contributed by atoms with Crippen molar-refractivity contribution in [1.82, 2.24) is 7.96 Å². The predicted octanol–water partition coefficient (Wildman–Crippen LogP) is 1.61. The summed E-state index contributed by atoms with van der Waals surface area (Å²) in [4.78, 5) is 9.70. The van der Waals surface area contributed by atoms with Gasteiger partial charge in [0, 0.05) is 0 Å². The number of fused-ring (bicyclic) bond motifs is 1. The van der Waals surface area contributed by atoms with E-state index in [2.05, 4.69) is 7.96 Å². The van der Waals surface area contributed by atoms with Gasteiger partial charge in [0.05, 0.1) is 0 Å². The van der Waals surface area contributed by atoms with Gasteiger partial charge in [-0.3, -0.25) is 0 Å². The van der Waals surface area contributed by atoms with E-state index in [4.69, 9.17) is 0 Å². The minimum atomic E-state index is -4.62. The summed E-state index contributed by atoms with van der Waals surface area (Å²) in [7, 11) is 0. The van der Waals surface area contributed by atoms with Crippen LogP contribution in [-0.2, 0) is 6.18 Å². The van der Waals surface area contributed by atoms with Crippen LogP contribution in [0.15, 0.2) is 12.1 Å². The third kappa shape index (κ3) is 1.79. The van der Waals surface area contributed by atoms with Crippen LogP contribution in [0.4, 0.5) is 18.9 Å². The molecule has 1 aromatic carbocycles. The van der Waals surface area contributed by atoms with Crippen molar-refractivity contribution in [2.24, 2.45) is 0 Å². The zero-order valence-electron chi connectivity index (χ0n) is 7.35. The summed E-state index contributed by atoms with van der Waals surface area (Å²) in [6.45, 7) is 0. The molecule has 5 nitrogen and oxygen atoms in total. The molecule has 0 saturated carbocycles. The number of halogens is 3. The Bertz CT molecular complexity index is 565. The van der Waals surface area contributed by atoms with E-state index in [-0.39, 0.29) is 11.0 Å². The van der Waals surface area contributed by atoms with Crippen LogP contribution < -0.4 is 0 Å². The number of nitro benzene ring substituents is 1. The number of aromatic nitrogens is 2. The van der Waals surface area contributed by atoms with Crippen LogP contribution in [0.2, 0.25) is 0 Å². The normalized spacial score (nSPS) is 11.9. The van der Waals surface area contributed by atoms with Gasteiger partial charge < -0.3 is 0 Å². The molecule has 0 atom stereocenters. The molecule has 16 heavy (non-hydrogen) atoms. The topological polar surface area (TPSA) is 68.9 Å². The van der Waals surface area contributed by atoms with Crippen LogP contribution in [0.25, 0.3) is 11.0 Å². The van der Waals surface area contributed by atoms with Crippen molar-refractivity contribution in [1.29, 1.82) is 0 Å². The Morgan fingerprint density at radius 3 is 2.56 bits per heavy atom. The van der Waals surface area contributed by atoms with E-state index in [0.717, 1.165) is 6.07 Å². The molecule has 0 aliphatic carbocycles. The molecule has 0 aliphatic rings. The fourth-order valence-electron chi connectivity index (χ4n) is 1.18. The molecule has 0 fully saturated rings. The summed E-state index contributed by atoms with van der Waals surface area (Å²) in [5.74, 6) is 0. The monoisotopic (exact) mass is 297 g/mol. The third-order valence-electron chi connectivity index (χ3n) is 1.86. The van der Waals surface area contributed by atoms with Crippen molar-refractivity contribution in [3.8, 4) is 0 Å². The molecule has 0 N–H and O–H groups in total. The summed E-state index contributed by atoms with van der Waals surface area (Å²) >= 11 is -0.600. The number of rotatable bonds is 1. The Hall–Kier alpha value is -1.47. The zero-order chi connectivity index (χ0) is 11.9. The fraction of sp³-hybridized carbons (Fsp3) is 0.143. The number of alkyl halides is 3. The van der Waals surface area contributed by atoms with Crippen LogP contribution in [0, 0.1) is 10.1 Å². The number of nitrogens with zero attached hydrogens (tertiary/aromatic N) is 3. The minimum absolute atomic E-state index is 0.0541. The average molecular weight is 296 g/mol. The van der Waals surface area contributed by atoms with Crippen LogP contribution in [0.5, 0.6) is 0 Å². The van der Waals surface area contributed by atoms with Crippen molar-refractivity contribution in [2.45, 2.75) is 6.18 Å². The molecule has 0 unspecified atom stereocenters. The molecule has 0 bridgehead atoms. The molecule has 0 radical (unpaired) electrons. The molecule has 0 aliphatic heterocycles. The van der Waals surface area contributed by atoms with E-state index in [1.807, 2.05) is 0 Å². The third-order valence-corrected chi connectivity index (χ3v) is 3.00. The van der Waals surface area contributed by atoms with Gasteiger partial charge in [0.15, 0.2) is 0 Å². The van der Waals surface area contributed by atoms with E-state index >= 15 is 0 Å². The van der Waals surface area contributed by atoms with E-state index in [1.54, 1.807) is 0 Å². The first-order chi connectivity index (χ1) is 7.39. The van der Waals surface area contributed by atoms with Gasteiger partial charge in [-0.15, -0.1) is 0 Å². The number of benzene rings is 1. The molecule has 0 saturated heterocycles. The molecular formula is C7H2F3N3O2Se. The van der Waals surface area contributed by atoms with E-state index in [9.17, 15) is 23.3 Å². The van der Waals surface area contributed by atoms with Gasteiger partial charge in [-0.05, 0) is 0 Å². The number of non-ortho nitro benzene ring substituents is 1. The first-order valence-electron chi connectivity index (χ1n) is 3.87. The fourth-order valence-corrected chi connectivity index (χ4v) is 2.30. The van der Waals surface area contributed by atoms with Crippen molar-refractivity contribution in [2.75, 3.05) is 0 Å². The second-order valence-corrected chi connectivity index (χ2v) is 3.99. The average Bonchev–Trinajstić information content (AvgIpc) is 2.61. The van der Waals surface area contributed by atoms with Gasteiger partial charge in [0.1, 0.15) is 0 Å². The Labute approximate surface area is 92.3 Å². The number of hydrogen-bond acceptors (Lipinski definition) is 4. The summed E-state index contributed by atoms with van der Waals surface area (Å²) in [5, 5.41) is 10.6. The van der Waals surface area contributed by atoms with Gasteiger partial charge in [0.2, 0.25) is 0 Å². The Morgan fingerprint density at radius 2 is 2.00 bits per heavy atom. The summed E-state index contributed by atoms with van der Waals surface area (Å²) < 4.78 is 44.7. The second kappa shape index (κ2) is 3.53. The summed E-state index contributed by atoms with van der Waals surface area (Å²) in [6, 6.07) is 1.26. The number of hydrogen-bond donors (Lipinski definition) is 0. The van der Waals surface area contributed by atoms with Crippen LogP contribution in [0.1, 0.15) is 5.56 Å². The maximum atomic E-state index is 12.4. The SMILES string of the molecule is O=[N+]([O-])c1cc(C(F)(F)F)cc2n[se]nc12. The number of nitro groups is 1. The van der Waals surface area contributed by atoms with Gasteiger partial charge in [-0.2, -0.15) is 0 Å². The van der Waals surface area contributed by atoms with Crippen molar-refractivity contribution in [3.05, 3.63) is 27.8 Å². The Kier molecular flexibility index (Phi) is 2.43. The van der Waals surface area contributed by atoms with Gasteiger partial charge >= 0.3 is 91.7 Å². The molecule has 0 amide bonds. The molecule has 1 heterocycles. The quantitative estimate of drug-likeness (QED) is 0.455. The van der Waals surface area contributed by atoms with E-state index < -0.39 is 37.3 Å². The maximum absolute atomic E-state index is 12.4. The molecule has 0 spiro atoms. The van der Waals surface area contributed by atoms with Crippen molar-refractivity contribution < 1.29 is 18.1 Å². The molecule has 84 valence electrons. The molecular weight excluding hydrogens is 294 g/mol. The molecule has 9 heteroatoms. The standard InChI is InChI=1S/C7H2F3N3O2Se/c8-7(9,10)3-1-4-6(12-16-11-4)5(2-3)13(14)15/h1-2H. The van der Waals surface area contributed by atoms with Crippen molar-refractivity contribution in [3.63, 3.8) is 0 Å².